The van der Waals surface area contributed by atoms with Crippen LogP contribution in [-0.2, 0) is 13.1 Å². The lowest BCUT2D eigenvalue weighted by molar-refractivity contribution is 0.672. The number of nitrogens with one attached hydrogen (secondary N) is 2. The number of thiazole rings is 2. The molecule has 2 N–H and O–H groups in total. The molecule has 0 radical (unpaired) electrons. The largest absolute Gasteiger partial charge is 0.315 e. The Bertz CT molecular complexity index is 649. The first-order valence-electron chi connectivity index (χ1n) is 5.10. The van der Waals surface area contributed by atoms with Crippen molar-refractivity contribution in [2.45, 2.75) is 13.1 Å². The van der Waals surface area contributed by atoms with Crippen LogP contribution in [0.25, 0.3) is 4.96 Å². The first-order valence-corrected chi connectivity index (χ1v) is 6.86. The molecule has 0 saturated heterocycles. The molecule has 5 nitrogen and oxygen atoms in total. The average Bonchev–Trinajstić information content (AvgIpc) is 2.94. The van der Waals surface area contributed by atoms with Crippen LogP contribution in [-0.4, -0.2) is 14.4 Å². The van der Waals surface area contributed by atoms with Crippen molar-refractivity contribution in [1.29, 1.82) is 0 Å². The molecule has 88 valence electrons. The summed E-state index contributed by atoms with van der Waals surface area (Å²) in [7, 11) is 0. The molecular weight excluding hydrogens is 256 g/mol. The van der Waals surface area contributed by atoms with E-state index in [4.69, 9.17) is 0 Å². The highest BCUT2D eigenvalue weighted by Gasteiger charge is 2.02. The monoisotopic (exact) mass is 266 g/mol. The Kier molecular flexibility index (Phi) is 2.79. The summed E-state index contributed by atoms with van der Waals surface area (Å²) >= 11 is 2.81. The summed E-state index contributed by atoms with van der Waals surface area (Å²) in [6.07, 6.45) is 4.00. The number of nitrogens with zero attached hydrogens (tertiary/aromatic N) is 2. The normalized spacial score (nSPS) is 11.3. The number of H-pyrrole nitrogens is 1. The highest BCUT2D eigenvalue weighted by Crippen LogP contribution is 2.11. The second-order valence-corrected chi connectivity index (χ2v) is 5.32. The van der Waals surface area contributed by atoms with Crippen LogP contribution in [0.15, 0.2) is 27.9 Å². The number of aromatic nitrogens is 3. The van der Waals surface area contributed by atoms with E-state index >= 15 is 0 Å². The zero-order valence-electron chi connectivity index (χ0n) is 8.84. The van der Waals surface area contributed by atoms with Crippen molar-refractivity contribution < 1.29 is 0 Å². The van der Waals surface area contributed by atoms with Crippen molar-refractivity contribution in [1.82, 2.24) is 19.7 Å². The van der Waals surface area contributed by atoms with Gasteiger partial charge in [0.1, 0.15) is 0 Å². The van der Waals surface area contributed by atoms with E-state index in [-0.39, 0.29) is 4.87 Å². The Hall–Kier alpha value is -1.44. The third-order valence-electron chi connectivity index (χ3n) is 2.34. The molecule has 0 unspecified atom stereocenters. The van der Waals surface area contributed by atoms with Crippen LogP contribution >= 0.6 is 22.7 Å². The van der Waals surface area contributed by atoms with Gasteiger partial charge in [-0.25, -0.2) is 4.98 Å². The van der Waals surface area contributed by atoms with E-state index in [0.29, 0.717) is 13.1 Å². The Morgan fingerprint density at radius 3 is 3.12 bits per heavy atom. The molecule has 0 saturated carbocycles. The summed E-state index contributed by atoms with van der Waals surface area (Å²) in [6.45, 7) is 1.36. The van der Waals surface area contributed by atoms with Crippen molar-refractivity contribution in [2.24, 2.45) is 0 Å². The zero-order chi connectivity index (χ0) is 11.7. The number of hydrogen-bond acceptors (Lipinski definition) is 5. The van der Waals surface area contributed by atoms with Crippen molar-refractivity contribution >= 4 is 27.6 Å². The van der Waals surface area contributed by atoms with Crippen LogP contribution < -0.4 is 10.2 Å². The van der Waals surface area contributed by atoms with Gasteiger partial charge in [-0.05, 0) is 0 Å². The van der Waals surface area contributed by atoms with Gasteiger partial charge in [0, 0.05) is 41.9 Å². The highest BCUT2D eigenvalue weighted by molar-refractivity contribution is 7.15. The fourth-order valence-electron chi connectivity index (χ4n) is 1.59. The molecule has 0 aromatic carbocycles. The smallest absolute Gasteiger partial charge is 0.304 e. The van der Waals surface area contributed by atoms with Crippen LogP contribution in [0.1, 0.15) is 11.4 Å². The van der Waals surface area contributed by atoms with Gasteiger partial charge in [0.15, 0.2) is 4.96 Å². The van der Waals surface area contributed by atoms with E-state index in [9.17, 15) is 4.79 Å². The van der Waals surface area contributed by atoms with Gasteiger partial charge in [-0.1, -0.05) is 11.3 Å². The van der Waals surface area contributed by atoms with Gasteiger partial charge >= 0.3 is 4.87 Å². The quantitative estimate of drug-likeness (QED) is 0.751. The van der Waals surface area contributed by atoms with Gasteiger partial charge in [-0.3, -0.25) is 9.20 Å². The van der Waals surface area contributed by atoms with E-state index in [0.717, 1.165) is 16.3 Å². The van der Waals surface area contributed by atoms with E-state index < -0.39 is 0 Å². The molecule has 3 rings (SSSR count). The first-order chi connectivity index (χ1) is 8.31. The first kappa shape index (κ1) is 10.7. The fourth-order valence-corrected chi connectivity index (χ4v) is 2.89. The third kappa shape index (κ3) is 2.31. The van der Waals surface area contributed by atoms with Gasteiger partial charge < -0.3 is 10.3 Å². The zero-order valence-corrected chi connectivity index (χ0v) is 10.5. The number of aromatic amines is 1. The molecule has 0 amide bonds. The number of rotatable bonds is 4. The minimum Gasteiger partial charge on any atom is -0.315 e. The van der Waals surface area contributed by atoms with Crippen molar-refractivity contribution in [3.8, 4) is 0 Å². The summed E-state index contributed by atoms with van der Waals surface area (Å²) in [5.74, 6) is 0. The van der Waals surface area contributed by atoms with Crippen LogP contribution in [0, 0.1) is 0 Å². The van der Waals surface area contributed by atoms with E-state index in [1.54, 1.807) is 11.3 Å². The molecule has 3 aromatic heterocycles. The summed E-state index contributed by atoms with van der Waals surface area (Å²) in [5, 5.41) is 7.09. The predicted molar refractivity (Wildman–Crippen MR) is 68.6 cm³/mol. The fraction of sp³-hybridized carbons (Fsp3) is 0.200. The Morgan fingerprint density at radius 2 is 2.35 bits per heavy atom. The highest BCUT2D eigenvalue weighted by atomic mass is 32.1. The van der Waals surface area contributed by atoms with E-state index in [2.05, 4.69) is 15.3 Å². The summed E-state index contributed by atoms with van der Waals surface area (Å²) in [4.78, 5) is 19.1. The molecule has 0 aliphatic heterocycles. The van der Waals surface area contributed by atoms with Gasteiger partial charge in [0.25, 0.3) is 0 Å². The average molecular weight is 266 g/mol. The summed E-state index contributed by atoms with van der Waals surface area (Å²) in [5.41, 5.74) is 1.93. The van der Waals surface area contributed by atoms with Crippen molar-refractivity contribution in [3.05, 3.63) is 44.2 Å². The second kappa shape index (κ2) is 4.44. The molecule has 0 bridgehead atoms. The van der Waals surface area contributed by atoms with Gasteiger partial charge in [-0.2, -0.15) is 0 Å². The minimum atomic E-state index is -0.00990. The van der Waals surface area contributed by atoms with Gasteiger partial charge in [-0.15, -0.1) is 11.3 Å². The molecule has 0 spiro atoms. The number of imidazole rings is 1. The lowest BCUT2D eigenvalue weighted by Crippen LogP contribution is -2.13. The SMILES string of the molecule is O=c1[nH]c(CNCc2cn3ccsc3n2)cs1. The van der Waals surface area contributed by atoms with Crippen LogP contribution in [0.5, 0.6) is 0 Å². The second-order valence-electron chi connectivity index (χ2n) is 3.60. The Labute approximate surface area is 105 Å². The lowest BCUT2D eigenvalue weighted by atomic mass is 10.4. The summed E-state index contributed by atoms with van der Waals surface area (Å²) in [6, 6.07) is 0. The Morgan fingerprint density at radius 1 is 1.41 bits per heavy atom. The van der Waals surface area contributed by atoms with Gasteiger partial charge in [0.2, 0.25) is 0 Å². The van der Waals surface area contributed by atoms with Crippen molar-refractivity contribution in [3.63, 3.8) is 0 Å². The molecule has 17 heavy (non-hydrogen) atoms. The third-order valence-corrected chi connectivity index (χ3v) is 3.82. The maximum atomic E-state index is 10.9. The lowest BCUT2D eigenvalue weighted by Gasteiger charge is -1.98. The number of fused-ring (bicyclic) bond motifs is 1. The van der Waals surface area contributed by atoms with Crippen LogP contribution in [0.3, 0.4) is 0 Å². The molecule has 7 heteroatoms. The molecule has 3 aromatic rings. The van der Waals surface area contributed by atoms with E-state index in [1.165, 1.54) is 11.3 Å². The van der Waals surface area contributed by atoms with Crippen LogP contribution in [0.2, 0.25) is 0 Å². The molecule has 0 aliphatic carbocycles. The van der Waals surface area contributed by atoms with E-state index in [1.807, 2.05) is 27.6 Å². The molecule has 0 fully saturated rings. The van der Waals surface area contributed by atoms with Crippen LogP contribution in [0.4, 0.5) is 0 Å². The van der Waals surface area contributed by atoms with Gasteiger partial charge in [0.05, 0.1) is 5.69 Å². The standard InChI is InChI=1S/C10H10N4OS2/c15-10-13-8(6-17-10)4-11-3-7-5-14-1-2-16-9(14)12-7/h1-2,5-6,11H,3-4H2,(H,13,15). The molecule has 0 aliphatic rings. The minimum absolute atomic E-state index is 0.00990. The summed E-state index contributed by atoms with van der Waals surface area (Å²) < 4.78 is 2.01. The maximum Gasteiger partial charge on any atom is 0.304 e. The topological polar surface area (TPSA) is 62.2 Å². The molecular formula is C10H10N4OS2. The molecule has 0 atom stereocenters. The predicted octanol–water partition coefficient (Wildman–Crippen LogP) is 1.44. The van der Waals surface area contributed by atoms with Crippen molar-refractivity contribution in [2.75, 3.05) is 0 Å². The Balaban J connectivity index is 1.61. The molecule has 3 heterocycles. The number of hydrogen-bond donors (Lipinski definition) is 2. The maximum absolute atomic E-state index is 10.9.